The Hall–Kier alpha value is -1.16. The molecule has 1 heterocycles. The number of hydrogen-bond acceptors (Lipinski definition) is 2. The number of halogens is 1. The van der Waals surface area contributed by atoms with Gasteiger partial charge in [-0.25, -0.2) is 0 Å². The van der Waals surface area contributed by atoms with Gasteiger partial charge in [0.1, 0.15) is 5.75 Å². The smallest absolute Gasteiger partial charge is 0.233 e. The van der Waals surface area contributed by atoms with Crippen LogP contribution in [0.15, 0.2) is 46.2 Å². The Balaban J connectivity index is 0.00000225. The quantitative estimate of drug-likeness (QED) is 0.498. The number of benzene rings is 2. The highest BCUT2D eigenvalue weighted by atomic mass is 35.5. The molecule has 1 aliphatic rings. The third-order valence-corrected chi connectivity index (χ3v) is 5.97. The number of fused-ring (bicyclic) bond motifs is 2. The second-order valence-electron chi connectivity index (χ2n) is 7.59. The molecular formula is C21H28ClNOS. The van der Waals surface area contributed by atoms with Crippen LogP contribution in [0.2, 0.25) is 0 Å². The van der Waals surface area contributed by atoms with E-state index in [1.807, 2.05) is 11.8 Å². The highest BCUT2D eigenvalue weighted by Crippen LogP contribution is 2.42. The van der Waals surface area contributed by atoms with Gasteiger partial charge in [-0.3, -0.25) is 4.48 Å². The topological polar surface area (TPSA) is 9.23 Å². The highest BCUT2D eigenvalue weighted by molar-refractivity contribution is 7.99. The summed E-state index contributed by atoms with van der Waals surface area (Å²) in [5.74, 6) is 1.01. The molecule has 0 bridgehead atoms. The van der Waals surface area contributed by atoms with Crippen LogP contribution in [0.5, 0.6) is 5.75 Å². The summed E-state index contributed by atoms with van der Waals surface area (Å²) in [6.07, 6.45) is 3.39. The summed E-state index contributed by atoms with van der Waals surface area (Å²) < 4.78 is 7.24. The van der Waals surface area contributed by atoms with Gasteiger partial charge in [-0.1, -0.05) is 36.9 Å². The molecule has 0 spiro atoms. The standard InChI is InChI=1S/C21H28NOS.ClH/c1-6-9-20(22(3,4)5)23-18-12-15(2)21-17(14-18)13-16-10-7-8-11-19(16)24-21;/h7-8,10-12,14,20H,6,9,13H2,1-5H3;1H/q+1;/p-1. The first-order valence-electron chi connectivity index (χ1n) is 8.75. The third kappa shape index (κ3) is 4.52. The fourth-order valence-electron chi connectivity index (χ4n) is 3.23. The fourth-order valence-corrected chi connectivity index (χ4v) is 4.35. The van der Waals surface area contributed by atoms with E-state index in [9.17, 15) is 0 Å². The predicted molar refractivity (Wildman–Crippen MR) is 102 cm³/mol. The zero-order valence-corrected chi connectivity index (χ0v) is 17.4. The van der Waals surface area contributed by atoms with Gasteiger partial charge in [-0.2, -0.15) is 0 Å². The first-order chi connectivity index (χ1) is 11.4. The van der Waals surface area contributed by atoms with Crippen molar-refractivity contribution >= 4 is 11.8 Å². The van der Waals surface area contributed by atoms with E-state index in [-0.39, 0.29) is 18.6 Å². The van der Waals surface area contributed by atoms with E-state index in [0.717, 1.165) is 29.5 Å². The first-order valence-corrected chi connectivity index (χ1v) is 9.57. The molecule has 1 aliphatic heterocycles. The maximum atomic E-state index is 6.42. The van der Waals surface area contributed by atoms with Crippen molar-refractivity contribution in [2.24, 2.45) is 0 Å². The van der Waals surface area contributed by atoms with E-state index in [4.69, 9.17) is 4.74 Å². The highest BCUT2D eigenvalue weighted by Gasteiger charge is 2.26. The zero-order chi connectivity index (χ0) is 17.3. The minimum Gasteiger partial charge on any atom is -1.00 e. The summed E-state index contributed by atoms with van der Waals surface area (Å²) in [6, 6.07) is 13.2. The average molecular weight is 378 g/mol. The molecule has 0 amide bonds. The van der Waals surface area contributed by atoms with Crippen molar-refractivity contribution in [2.45, 2.75) is 49.1 Å². The van der Waals surface area contributed by atoms with Crippen LogP contribution >= 0.6 is 11.8 Å². The van der Waals surface area contributed by atoms with Gasteiger partial charge in [-0.15, -0.1) is 0 Å². The van der Waals surface area contributed by atoms with Gasteiger partial charge in [0.05, 0.1) is 21.1 Å². The van der Waals surface area contributed by atoms with Gasteiger partial charge in [0.25, 0.3) is 0 Å². The molecule has 0 fully saturated rings. The molecule has 0 aliphatic carbocycles. The number of quaternary nitrogens is 1. The van der Waals surface area contributed by atoms with Crippen LogP contribution < -0.4 is 17.1 Å². The minimum atomic E-state index is 0. The second kappa shape index (κ2) is 8.03. The Morgan fingerprint density at radius 2 is 1.84 bits per heavy atom. The number of ether oxygens (including phenoxy) is 1. The van der Waals surface area contributed by atoms with Gasteiger partial charge in [0.2, 0.25) is 6.23 Å². The maximum Gasteiger partial charge on any atom is 0.233 e. The molecule has 0 N–H and O–H groups in total. The molecule has 1 atom stereocenters. The number of aryl methyl sites for hydroxylation is 1. The summed E-state index contributed by atoms with van der Waals surface area (Å²) >= 11 is 1.89. The number of rotatable bonds is 5. The lowest BCUT2D eigenvalue weighted by molar-refractivity contribution is -0.915. The van der Waals surface area contributed by atoms with E-state index >= 15 is 0 Å². The molecule has 4 heteroatoms. The van der Waals surface area contributed by atoms with E-state index in [0.29, 0.717) is 0 Å². The van der Waals surface area contributed by atoms with Crippen LogP contribution in [-0.4, -0.2) is 31.9 Å². The summed E-state index contributed by atoms with van der Waals surface area (Å²) in [6.45, 7) is 4.42. The maximum absolute atomic E-state index is 6.42. The molecule has 0 saturated carbocycles. The predicted octanol–water partition coefficient (Wildman–Crippen LogP) is 2.27. The lowest BCUT2D eigenvalue weighted by atomic mass is 10.0. The summed E-state index contributed by atoms with van der Waals surface area (Å²) in [4.78, 5) is 2.79. The number of nitrogens with zero attached hydrogens (tertiary/aromatic N) is 1. The molecule has 25 heavy (non-hydrogen) atoms. The molecular weight excluding hydrogens is 350 g/mol. The minimum absolute atomic E-state index is 0. The van der Waals surface area contributed by atoms with Crippen LogP contribution in [0.4, 0.5) is 0 Å². The van der Waals surface area contributed by atoms with Gasteiger partial charge in [0.15, 0.2) is 0 Å². The lowest BCUT2D eigenvalue weighted by Crippen LogP contribution is -3.00. The SMILES string of the molecule is CCCC(Oc1cc(C)c2c(c1)Cc1ccccc1S2)[N+](C)(C)C.[Cl-]. The summed E-state index contributed by atoms with van der Waals surface area (Å²) in [5.41, 5.74) is 4.13. The van der Waals surface area contributed by atoms with Crippen molar-refractivity contribution in [1.82, 2.24) is 0 Å². The monoisotopic (exact) mass is 377 g/mol. The molecule has 2 aromatic rings. The molecule has 3 rings (SSSR count). The van der Waals surface area contributed by atoms with Gasteiger partial charge < -0.3 is 17.1 Å². The fraction of sp³-hybridized carbons (Fsp3) is 0.429. The molecule has 0 aromatic heterocycles. The van der Waals surface area contributed by atoms with Gasteiger partial charge >= 0.3 is 0 Å². The zero-order valence-electron chi connectivity index (χ0n) is 15.8. The third-order valence-electron chi connectivity index (χ3n) is 4.56. The molecule has 2 aromatic carbocycles. The van der Waals surface area contributed by atoms with Crippen LogP contribution in [-0.2, 0) is 6.42 Å². The van der Waals surface area contributed by atoms with Crippen molar-refractivity contribution in [1.29, 1.82) is 0 Å². The van der Waals surface area contributed by atoms with Crippen LogP contribution in [0, 0.1) is 6.92 Å². The molecule has 1 unspecified atom stereocenters. The van der Waals surface area contributed by atoms with Crippen molar-refractivity contribution in [3.63, 3.8) is 0 Å². The van der Waals surface area contributed by atoms with Crippen molar-refractivity contribution < 1.29 is 21.6 Å². The van der Waals surface area contributed by atoms with Crippen LogP contribution in [0.1, 0.15) is 36.5 Å². The van der Waals surface area contributed by atoms with E-state index in [2.05, 4.69) is 71.4 Å². The summed E-state index contributed by atoms with van der Waals surface area (Å²) in [5, 5.41) is 0. The molecule has 2 nitrogen and oxygen atoms in total. The Labute approximate surface area is 162 Å². The Bertz CT molecular complexity index is 739. The molecule has 136 valence electrons. The van der Waals surface area contributed by atoms with E-state index < -0.39 is 0 Å². The van der Waals surface area contributed by atoms with E-state index in [1.54, 1.807) is 0 Å². The van der Waals surface area contributed by atoms with Crippen molar-refractivity contribution in [3.05, 3.63) is 53.1 Å². The average Bonchev–Trinajstić information content (AvgIpc) is 2.52. The Morgan fingerprint density at radius 1 is 1.12 bits per heavy atom. The van der Waals surface area contributed by atoms with Gasteiger partial charge in [0, 0.05) is 16.2 Å². The lowest BCUT2D eigenvalue weighted by Gasteiger charge is -2.34. The first kappa shape index (κ1) is 20.2. The van der Waals surface area contributed by atoms with Gasteiger partial charge in [-0.05, 0) is 54.7 Å². The summed E-state index contributed by atoms with van der Waals surface area (Å²) in [7, 11) is 6.62. The second-order valence-corrected chi connectivity index (χ2v) is 8.64. The Kier molecular flexibility index (Phi) is 6.47. The normalized spacial score (nSPS) is 14.1. The van der Waals surface area contributed by atoms with E-state index in [1.165, 1.54) is 26.5 Å². The largest absolute Gasteiger partial charge is 1.00 e. The molecule has 0 saturated heterocycles. The van der Waals surface area contributed by atoms with Crippen LogP contribution in [0.25, 0.3) is 0 Å². The number of hydrogen-bond donors (Lipinski definition) is 0. The van der Waals surface area contributed by atoms with Crippen LogP contribution in [0.3, 0.4) is 0 Å². The van der Waals surface area contributed by atoms with Crippen molar-refractivity contribution in [2.75, 3.05) is 21.1 Å². The molecule has 0 radical (unpaired) electrons. The van der Waals surface area contributed by atoms with Crippen molar-refractivity contribution in [3.8, 4) is 5.75 Å². The Morgan fingerprint density at radius 3 is 2.52 bits per heavy atom.